The Labute approximate surface area is 199 Å². The van der Waals surface area contributed by atoms with Gasteiger partial charge >= 0.3 is 0 Å². The summed E-state index contributed by atoms with van der Waals surface area (Å²) in [6, 6.07) is 0. The van der Waals surface area contributed by atoms with E-state index < -0.39 is 107 Å². The monoisotopic (exact) mass is 580 g/mol. The second-order valence-corrected chi connectivity index (χ2v) is 7.63. The molecular weight excluding hydrogens is 582 g/mol. The Morgan fingerprint density at radius 3 is 0.600 bits per heavy atom. The van der Waals surface area contributed by atoms with Crippen LogP contribution in [0.25, 0.3) is 0 Å². The molecule has 0 atom stereocenters. The van der Waals surface area contributed by atoms with Crippen molar-refractivity contribution in [3.8, 4) is 0 Å². The van der Waals surface area contributed by atoms with Crippen LogP contribution in [0.3, 0.4) is 0 Å². The van der Waals surface area contributed by atoms with Gasteiger partial charge in [-0.3, -0.25) is 0 Å². The molecule has 0 aliphatic carbocycles. The molecule has 3 rings (SSSR count). The van der Waals surface area contributed by atoms with Gasteiger partial charge in [0.05, 0.1) is 16.7 Å². The third-order valence-corrected chi connectivity index (χ3v) is 5.66. The fourth-order valence-corrected chi connectivity index (χ4v) is 3.59. The lowest BCUT2D eigenvalue weighted by molar-refractivity contribution is 0.213. The summed E-state index contributed by atoms with van der Waals surface area (Å²) in [5, 5.41) is -6.18. The molecule has 0 unspecified atom stereocenters. The first kappa shape index (κ1) is 27.2. The highest BCUT2D eigenvalue weighted by molar-refractivity contribution is 6.31. The third-order valence-electron chi connectivity index (χ3n) is 4.66. The van der Waals surface area contributed by atoms with Crippen LogP contribution in [0.15, 0.2) is 0 Å². The number of benzene rings is 3. The summed E-state index contributed by atoms with van der Waals surface area (Å²) in [5.74, 6) is -34.9. The van der Waals surface area contributed by atoms with E-state index in [1.807, 2.05) is 0 Å². The second kappa shape index (κ2) is 8.93. The maximum atomic E-state index is 16.5. The molecule has 0 radical (unpaired) electrons. The van der Waals surface area contributed by atoms with Crippen LogP contribution in [0.5, 0.6) is 0 Å². The van der Waals surface area contributed by atoms with Crippen LogP contribution in [0.1, 0.15) is 16.7 Å². The minimum atomic E-state index is -5.62. The molecule has 0 saturated carbocycles. The minimum Gasteiger partial charge on any atom is -0.227 e. The van der Waals surface area contributed by atoms with Crippen LogP contribution in [0, 0.1) is 69.8 Å². The molecule has 0 bridgehead atoms. The summed E-state index contributed by atoms with van der Waals surface area (Å²) < 4.78 is 189. The first-order valence-corrected chi connectivity index (χ1v) is 9.41. The van der Waals surface area contributed by atoms with Gasteiger partial charge in [-0.25, -0.2) is 57.1 Å². The van der Waals surface area contributed by atoms with Gasteiger partial charge in [-0.1, -0.05) is 34.8 Å². The molecule has 3 aromatic rings. The standard InChI is InChI=1S/C19Cl3F13/c20-4-13(29)7(23)1(8(24)14(4)30)19(35,2-9(25)15(31)5(21)16(32)10(2)26)3-11(27)17(33)6(22)18(34)12(3)28. The van der Waals surface area contributed by atoms with E-state index in [1.165, 1.54) is 0 Å². The molecule has 35 heavy (non-hydrogen) atoms. The summed E-state index contributed by atoms with van der Waals surface area (Å²) in [6.07, 6.45) is 0. The number of alkyl halides is 1. The van der Waals surface area contributed by atoms with E-state index in [0.29, 0.717) is 0 Å². The zero-order valence-electron chi connectivity index (χ0n) is 15.5. The molecule has 0 amide bonds. The molecule has 3 aromatic carbocycles. The van der Waals surface area contributed by atoms with E-state index >= 15 is 4.39 Å². The molecule has 0 fully saturated rings. The Balaban J connectivity index is 2.78. The van der Waals surface area contributed by atoms with Crippen molar-refractivity contribution in [3.63, 3.8) is 0 Å². The van der Waals surface area contributed by atoms with Crippen molar-refractivity contribution in [3.05, 3.63) is 102 Å². The first-order valence-electron chi connectivity index (χ1n) is 8.27. The molecule has 0 aliphatic rings. The Bertz CT molecular complexity index is 1170. The predicted octanol–water partition coefficient (Wildman–Crippen LogP) is 8.58. The fraction of sp³-hybridized carbons (Fsp3) is 0.0526. The largest absolute Gasteiger partial charge is 0.227 e. The Hall–Kier alpha value is -2.38. The van der Waals surface area contributed by atoms with Crippen molar-refractivity contribution < 1.29 is 57.1 Å². The summed E-state index contributed by atoms with van der Waals surface area (Å²) >= 11 is 14.8. The lowest BCUT2D eigenvalue weighted by Gasteiger charge is -2.30. The molecule has 0 saturated heterocycles. The molecule has 0 nitrogen and oxygen atoms in total. The smallest absolute Gasteiger partial charge is 0.203 e. The molecular formula is C19Cl3F13. The van der Waals surface area contributed by atoms with Gasteiger partial charge in [0.2, 0.25) is 5.67 Å². The highest BCUT2D eigenvalue weighted by atomic mass is 35.5. The van der Waals surface area contributed by atoms with E-state index in [-0.39, 0.29) is 0 Å². The Morgan fingerprint density at radius 1 is 0.314 bits per heavy atom. The summed E-state index contributed by atoms with van der Waals surface area (Å²) in [6.45, 7) is 0. The van der Waals surface area contributed by atoms with E-state index in [9.17, 15) is 52.7 Å². The zero-order chi connectivity index (χ0) is 26.9. The summed E-state index contributed by atoms with van der Waals surface area (Å²) in [4.78, 5) is 0. The van der Waals surface area contributed by atoms with Gasteiger partial charge in [0.1, 0.15) is 15.1 Å². The van der Waals surface area contributed by atoms with E-state index in [1.54, 1.807) is 0 Å². The maximum Gasteiger partial charge on any atom is 0.203 e. The topological polar surface area (TPSA) is 0 Å². The quantitative estimate of drug-likeness (QED) is 0.126. The summed E-state index contributed by atoms with van der Waals surface area (Å²) in [7, 11) is 0. The van der Waals surface area contributed by atoms with Gasteiger partial charge in [-0.2, -0.15) is 0 Å². The predicted molar refractivity (Wildman–Crippen MR) is 94.8 cm³/mol. The summed E-state index contributed by atoms with van der Waals surface area (Å²) in [5.41, 5.74) is -14.8. The van der Waals surface area contributed by atoms with Gasteiger partial charge in [0.15, 0.2) is 69.8 Å². The van der Waals surface area contributed by atoms with E-state index in [2.05, 4.69) is 0 Å². The number of hydrogen-bond donors (Lipinski definition) is 0. The number of hydrogen-bond acceptors (Lipinski definition) is 0. The van der Waals surface area contributed by atoms with Crippen LogP contribution in [-0.2, 0) is 5.67 Å². The fourth-order valence-electron chi connectivity index (χ4n) is 3.10. The van der Waals surface area contributed by atoms with Gasteiger partial charge in [0, 0.05) is 0 Å². The van der Waals surface area contributed by atoms with E-state index in [4.69, 9.17) is 34.8 Å². The normalized spacial score (nSPS) is 12.0. The van der Waals surface area contributed by atoms with Gasteiger partial charge < -0.3 is 0 Å². The Morgan fingerprint density at radius 2 is 0.457 bits per heavy atom. The minimum absolute atomic E-state index is 2.06. The van der Waals surface area contributed by atoms with Crippen molar-refractivity contribution >= 4 is 34.8 Å². The molecule has 188 valence electrons. The van der Waals surface area contributed by atoms with Crippen molar-refractivity contribution in [2.45, 2.75) is 5.67 Å². The Kier molecular flexibility index (Phi) is 6.94. The van der Waals surface area contributed by atoms with Gasteiger partial charge in [-0.15, -0.1) is 0 Å². The van der Waals surface area contributed by atoms with Crippen molar-refractivity contribution in [2.24, 2.45) is 0 Å². The average molecular weight is 582 g/mol. The second-order valence-electron chi connectivity index (χ2n) is 6.49. The SMILES string of the molecule is Fc1c(F)c(C(F)(c2c(F)c(F)c(Cl)c(F)c2F)c2c(F)c(F)c(Cl)c(F)c2F)c(F)c(F)c1Cl. The molecule has 16 heteroatoms. The lowest BCUT2D eigenvalue weighted by atomic mass is 9.79. The van der Waals surface area contributed by atoms with Gasteiger partial charge in [-0.05, 0) is 0 Å². The first-order chi connectivity index (χ1) is 16.0. The maximum absolute atomic E-state index is 16.5. The van der Waals surface area contributed by atoms with Crippen LogP contribution in [-0.4, -0.2) is 0 Å². The molecule has 0 spiro atoms. The van der Waals surface area contributed by atoms with Crippen LogP contribution in [0.2, 0.25) is 15.1 Å². The highest BCUT2D eigenvalue weighted by Gasteiger charge is 2.54. The average Bonchev–Trinajstić information content (AvgIpc) is 2.81. The molecule has 0 N–H and O–H groups in total. The molecule has 0 aliphatic heterocycles. The zero-order valence-corrected chi connectivity index (χ0v) is 17.8. The highest BCUT2D eigenvalue weighted by Crippen LogP contribution is 2.51. The number of rotatable bonds is 3. The molecule has 0 aromatic heterocycles. The molecule has 0 heterocycles. The van der Waals surface area contributed by atoms with Crippen LogP contribution in [0.4, 0.5) is 57.1 Å². The van der Waals surface area contributed by atoms with Crippen molar-refractivity contribution in [1.82, 2.24) is 0 Å². The lowest BCUT2D eigenvalue weighted by Crippen LogP contribution is -2.34. The third kappa shape index (κ3) is 3.61. The van der Waals surface area contributed by atoms with Crippen LogP contribution < -0.4 is 0 Å². The van der Waals surface area contributed by atoms with Crippen molar-refractivity contribution in [1.29, 1.82) is 0 Å². The number of halogens is 16. The van der Waals surface area contributed by atoms with Crippen LogP contribution >= 0.6 is 34.8 Å². The van der Waals surface area contributed by atoms with Gasteiger partial charge in [0.25, 0.3) is 0 Å². The van der Waals surface area contributed by atoms with Crippen molar-refractivity contribution in [2.75, 3.05) is 0 Å². The van der Waals surface area contributed by atoms with E-state index in [0.717, 1.165) is 0 Å².